The van der Waals surface area contributed by atoms with Crippen LogP contribution in [0.3, 0.4) is 0 Å². The molecule has 20 heavy (non-hydrogen) atoms. The molecule has 4 bridgehead atoms. The summed E-state index contributed by atoms with van der Waals surface area (Å²) in [6.45, 7) is 0. The second-order valence-corrected chi connectivity index (χ2v) is 7.83. The van der Waals surface area contributed by atoms with Gasteiger partial charge in [-0.3, -0.25) is 4.79 Å². The summed E-state index contributed by atoms with van der Waals surface area (Å²) in [5.41, 5.74) is 2.41. The van der Waals surface area contributed by atoms with E-state index in [9.17, 15) is 4.79 Å². The van der Waals surface area contributed by atoms with E-state index in [0.29, 0.717) is 17.6 Å². The lowest BCUT2D eigenvalue weighted by Crippen LogP contribution is -2.58. The van der Waals surface area contributed by atoms with Crippen molar-refractivity contribution in [2.24, 2.45) is 29.1 Å². The van der Waals surface area contributed by atoms with Crippen LogP contribution in [0.25, 0.3) is 0 Å². The number of benzene rings is 1. The van der Waals surface area contributed by atoms with Crippen molar-refractivity contribution in [1.29, 1.82) is 0 Å². The zero-order chi connectivity index (χ0) is 13.3. The van der Waals surface area contributed by atoms with Gasteiger partial charge in [0, 0.05) is 11.0 Å². The summed E-state index contributed by atoms with van der Waals surface area (Å²) >= 11 is 0. The fourth-order valence-electron chi connectivity index (χ4n) is 6.47. The Bertz CT molecular complexity index is 557. The van der Waals surface area contributed by atoms with E-state index in [2.05, 4.69) is 18.2 Å². The first-order chi connectivity index (χ1) is 9.77. The molecule has 1 spiro atoms. The first-order valence-electron chi connectivity index (χ1n) is 8.40. The molecule has 0 aromatic heterocycles. The highest BCUT2D eigenvalue weighted by Crippen LogP contribution is 2.65. The Morgan fingerprint density at radius 1 is 0.900 bits per heavy atom. The first kappa shape index (κ1) is 11.5. The molecule has 0 radical (unpaired) electrons. The largest absolute Gasteiger partial charge is 0.294 e. The van der Waals surface area contributed by atoms with Gasteiger partial charge in [0.25, 0.3) is 0 Å². The highest BCUT2D eigenvalue weighted by molar-refractivity contribution is 6.03. The van der Waals surface area contributed by atoms with E-state index in [1.165, 1.54) is 37.7 Å². The first-order valence-corrected chi connectivity index (χ1v) is 8.40. The van der Waals surface area contributed by atoms with E-state index in [4.69, 9.17) is 0 Å². The van der Waals surface area contributed by atoms with E-state index in [-0.39, 0.29) is 5.41 Å². The van der Waals surface area contributed by atoms with Gasteiger partial charge in [-0.2, -0.15) is 0 Å². The number of fused-ring (bicyclic) bond motifs is 1. The number of carbonyl (C=O) groups excluding carboxylic acids is 1. The van der Waals surface area contributed by atoms with Gasteiger partial charge in [0.2, 0.25) is 0 Å². The van der Waals surface area contributed by atoms with Crippen molar-refractivity contribution in [2.45, 2.75) is 44.9 Å². The molecule has 0 atom stereocenters. The number of hydrogen-bond acceptors (Lipinski definition) is 1. The van der Waals surface area contributed by atoms with E-state index in [1.807, 2.05) is 6.07 Å². The third kappa shape index (κ3) is 1.27. The second kappa shape index (κ2) is 3.75. The molecule has 1 aromatic rings. The van der Waals surface area contributed by atoms with Crippen LogP contribution in [0.1, 0.15) is 54.4 Å². The Labute approximate surface area is 120 Å². The van der Waals surface area contributed by atoms with E-state index in [0.717, 1.165) is 30.2 Å². The zero-order valence-electron chi connectivity index (χ0n) is 12.0. The molecule has 0 heterocycles. The van der Waals surface area contributed by atoms with Crippen molar-refractivity contribution < 1.29 is 4.79 Å². The molecule has 0 aliphatic heterocycles. The highest BCUT2D eigenvalue weighted by Gasteiger charge is 2.61. The topological polar surface area (TPSA) is 17.1 Å². The number of aryl methyl sites for hydroxylation is 1. The minimum Gasteiger partial charge on any atom is -0.294 e. The summed E-state index contributed by atoms with van der Waals surface area (Å²) in [6.07, 6.45) is 9.12. The zero-order valence-corrected chi connectivity index (χ0v) is 12.0. The van der Waals surface area contributed by atoms with Gasteiger partial charge in [-0.05, 0) is 74.2 Å². The van der Waals surface area contributed by atoms with Crippen LogP contribution in [0.4, 0.5) is 0 Å². The molecule has 4 saturated carbocycles. The van der Waals surface area contributed by atoms with Crippen LogP contribution in [0.15, 0.2) is 24.3 Å². The molecule has 0 amide bonds. The number of Topliss-reactive ketones (excluding diaryl/α,β-unsaturated/α-hetero) is 1. The van der Waals surface area contributed by atoms with E-state index in [1.54, 1.807) is 0 Å². The van der Waals surface area contributed by atoms with Crippen LogP contribution in [-0.2, 0) is 6.42 Å². The van der Waals surface area contributed by atoms with Crippen molar-refractivity contribution in [3.8, 4) is 0 Å². The van der Waals surface area contributed by atoms with Gasteiger partial charge in [-0.1, -0.05) is 24.3 Å². The van der Waals surface area contributed by atoms with Crippen molar-refractivity contribution in [1.82, 2.24) is 0 Å². The van der Waals surface area contributed by atoms with Crippen LogP contribution in [-0.4, -0.2) is 5.78 Å². The third-order valence-electron chi connectivity index (χ3n) is 7.09. The molecule has 104 valence electrons. The summed E-state index contributed by atoms with van der Waals surface area (Å²) in [6, 6.07) is 8.38. The predicted molar refractivity (Wildman–Crippen MR) is 78.6 cm³/mol. The monoisotopic (exact) mass is 266 g/mol. The summed E-state index contributed by atoms with van der Waals surface area (Å²) in [5.74, 6) is 3.84. The molecule has 5 aliphatic carbocycles. The average Bonchev–Trinajstić information content (AvgIpc) is 2.46. The van der Waals surface area contributed by atoms with Gasteiger partial charge in [0.1, 0.15) is 0 Å². The SMILES string of the molecule is O=C1c2ccccc2CCC12C1CC3CC(C1)CC2C3. The van der Waals surface area contributed by atoms with E-state index >= 15 is 0 Å². The van der Waals surface area contributed by atoms with Gasteiger partial charge in [0.05, 0.1) is 0 Å². The van der Waals surface area contributed by atoms with Crippen molar-refractivity contribution in [3.05, 3.63) is 35.4 Å². The third-order valence-corrected chi connectivity index (χ3v) is 7.09. The Hall–Kier alpha value is -1.11. The normalized spacial score (nSPS) is 44.9. The molecule has 0 N–H and O–H groups in total. The molecule has 1 aromatic carbocycles. The Morgan fingerprint density at radius 3 is 2.25 bits per heavy atom. The van der Waals surface area contributed by atoms with Crippen LogP contribution >= 0.6 is 0 Å². The van der Waals surface area contributed by atoms with Crippen molar-refractivity contribution in [3.63, 3.8) is 0 Å². The van der Waals surface area contributed by atoms with Gasteiger partial charge in [-0.25, -0.2) is 0 Å². The number of carbonyl (C=O) groups is 1. The van der Waals surface area contributed by atoms with Crippen LogP contribution in [0, 0.1) is 29.1 Å². The van der Waals surface area contributed by atoms with Crippen molar-refractivity contribution >= 4 is 5.78 Å². The summed E-state index contributed by atoms with van der Waals surface area (Å²) < 4.78 is 0. The summed E-state index contributed by atoms with van der Waals surface area (Å²) in [5, 5.41) is 0. The van der Waals surface area contributed by atoms with Crippen molar-refractivity contribution in [2.75, 3.05) is 0 Å². The Morgan fingerprint density at radius 2 is 1.55 bits per heavy atom. The fourth-order valence-corrected chi connectivity index (χ4v) is 6.47. The molecular weight excluding hydrogens is 244 g/mol. The van der Waals surface area contributed by atoms with E-state index < -0.39 is 0 Å². The molecule has 6 rings (SSSR count). The standard InChI is InChI=1S/C19H22O/c20-18-17-4-2-1-3-14(17)5-6-19(18)15-8-12-7-13(10-15)11-16(19)9-12/h1-4,12-13,15-16H,5-11H2. The molecule has 4 fully saturated rings. The maximum absolute atomic E-state index is 13.3. The molecule has 1 nitrogen and oxygen atoms in total. The average molecular weight is 266 g/mol. The van der Waals surface area contributed by atoms with Crippen LogP contribution in [0.2, 0.25) is 0 Å². The Balaban J connectivity index is 1.63. The van der Waals surface area contributed by atoms with Gasteiger partial charge in [-0.15, -0.1) is 0 Å². The number of ketones is 1. The smallest absolute Gasteiger partial charge is 0.169 e. The quantitative estimate of drug-likeness (QED) is 0.686. The number of hydrogen-bond donors (Lipinski definition) is 0. The van der Waals surface area contributed by atoms with Gasteiger partial charge >= 0.3 is 0 Å². The number of rotatable bonds is 0. The molecule has 0 saturated heterocycles. The predicted octanol–water partition coefficient (Wildman–Crippen LogP) is 4.26. The molecule has 5 aliphatic rings. The maximum Gasteiger partial charge on any atom is 0.169 e. The van der Waals surface area contributed by atoms with Gasteiger partial charge < -0.3 is 0 Å². The summed E-state index contributed by atoms with van der Waals surface area (Å²) in [4.78, 5) is 13.3. The molecule has 0 unspecified atom stereocenters. The van der Waals surface area contributed by atoms with Gasteiger partial charge in [0.15, 0.2) is 5.78 Å². The minimum atomic E-state index is 0.0434. The minimum absolute atomic E-state index is 0.0434. The lowest BCUT2D eigenvalue weighted by molar-refractivity contribution is -0.0906. The Kier molecular flexibility index (Phi) is 2.16. The summed E-state index contributed by atoms with van der Waals surface area (Å²) in [7, 11) is 0. The lowest BCUT2D eigenvalue weighted by atomic mass is 9.42. The molecule has 1 heteroatoms. The molecular formula is C19H22O. The second-order valence-electron chi connectivity index (χ2n) is 7.83. The lowest BCUT2D eigenvalue weighted by Gasteiger charge is -2.61. The maximum atomic E-state index is 13.3. The van der Waals surface area contributed by atoms with Crippen LogP contribution < -0.4 is 0 Å². The van der Waals surface area contributed by atoms with Crippen LogP contribution in [0.5, 0.6) is 0 Å². The highest BCUT2D eigenvalue weighted by atomic mass is 16.1. The fraction of sp³-hybridized carbons (Fsp3) is 0.632.